The van der Waals surface area contributed by atoms with Crippen LogP contribution in [-0.4, -0.2) is 37.2 Å². The highest BCUT2D eigenvalue weighted by Crippen LogP contribution is 2.19. The van der Waals surface area contributed by atoms with Gasteiger partial charge in [-0.3, -0.25) is 14.4 Å². The van der Waals surface area contributed by atoms with Crippen LogP contribution in [-0.2, 0) is 28.6 Å². The summed E-state index contributed by atoms with van der Waals surface area (Å²) in [7, 11) is 0. The van der Waals surface area contributed by atoms with Gasteiger partial charge in [-0.05, 0) is 83.5 Å². The van der Waals surface area contributed by atoms with E-state index < -0.39 is 6.10 Å². The minimum Gasteiger partial charge on any atom is -0.462 e. The van der Waals surface area contributed by atoms with Gasteiger partial charge in [0.05, 0.1) is 0 Å². The number of carbonyl (C=O) groups excluding carboxylic acids is 3. The van der Waals surface area contributed by atoms with E-state index in [0.29, 0.717) is 19.3 Å². The normalized spacial score (nSPS) is 12.3. The lowest BCUT2D eigenvalue weighted by Gasteiger charge is -2.18. The predicted octanol–water partition coefficient (Wildman–Crippen LogP) is 25.3. The van der Waals surface area contributed by atoms with Crippen LogP contribution < -0.4 is 0 Å². The van der Waals surface area contributed by atoms with Crippen molar-refractivity contribution >= 4 is 17.9 Å². The van der Waals surface area contributed by atoms with Gasteiger partial charge in [-0.25, -0.2) is 0 Å². The summed E-state index contributed by atoms with van der Waals surface area (Å²) >= 11 is 0. The van der Waals surface area contributed by atoms with Crippen LogP contribution in [0.25, 0.3) is 0 Å². The first-order chi connectivity index (χ1) is 40.5. The highest BCUT2D eigenvalue weighted by Gasteiger charge is 2.19. The van der Waals surface area contributed by atoms with E-state index in [9.17, 15) is 14.4 Å². The first kappa shape index (κ1) is 79.4. The van der Waals surface area contributed by atoms with E-state index in [0.717, 1.165) is 77.0 Å². The molecule has 0 aliphatic carbocycles. The molecule has 0 aromatic rings. The summed E-state index contributed by atoms with van der Waals surface area (Å²) in [6.07, 6.45) is 90.2. The Morgan fingerprint density at radius 3 is 0.720 bits per heavy atom. The number of rotatable bonds is 68. The summed E-state index contributed by atoms with van der Waals surface area (Å²) < 4.78 is 17.0. The van der Waals surface area contributed by atoms with Gasteiger partial charge in [0, 0.05) is 19.3 Å². The maximum Gasteiger partial charge on any atom is 0.306 e. The van der Waals surface area contributed by atoms with E-state index in [1.165, 1.54) is 283 Å². The van der Waals surface area contributed by atoms with Crippen molar-refractivity contribution in [2.75, 3.05) is 13.2 Å². The van der Waals surface area contributed by atoms with Crippen LogP contribution in [0.4, 0.5) is 0 Å². The molecule has 1 atom stereocenters. The van der Waals surface area contributed by atoms with Gasteiger partial charge in [0.15, 0.2) is 6.10 Å². The van der Waals surface area contributed by atoms with Gasteiger partial charge in [-0.1, -0.05) is 345 Å². The second-order valence-corrected chi connectivity index (χ2v) is 24.9. The SMILES string of the molecule is CCCCC/C=C\CCCCCCCC(=O)OCC(COC(=O)CCCCCCCCCCCCCCCCCCCC/C=C\C/C=C\C/C=C\CCCCCCC)OC(=O)CCCCCCCCCCCCCCCCCCCCC. The van der Waals surface area contributed by atoms with E-state index in [2.05, 4.69) is 69.4 Å². The van der Waals surface area contributed by atoms with Crippen LogP contribution in [0.3, 0.4) is 0 Å². The Morgan fingerprint density at radius 1 is 0.244 bits per heavy atom. The number of unbranched alkanes of at least 4 members (excludes halogenated alkanes) is 49. The maximum absolute atomic E-state index is 12.9. The van der Waals surface area contributed by atoms with E-state index >= 15 is 0 Å². The zero-order chi connectivity index (χ0) is 59.2. The molecule has 0 spiro atoms. The maximum atomic E-state index is 12.9. The van der Waals surface area contributed by atoms with E-state index in [4.69, 9.17) is 14.2 Å². The van der Waals surface area contributed by atoms with Gasteiger partial charge < -0.3 is 14.2 Å². The molecule has 0 saturated carbocycles. The Kier molecular flexibility index (Phi) is 68.6. The molecule has 0 saturated heterocycles. The number of ether oxygens (including phenoxy) is 3. The summed E-state index contributed by atoms with van der Waals surface area (Å²) in [6.45, 7) is 6.67. The fourth-order valence-electron chi connectivity index (χ4n) is 11.0. The average molecular weight is 1150 g/mol. The van der Waals surface area contributed by atoms with Crippen LogP contribution in [0.1, 0.15) is 400 Å². The smallest absolute Gasteiger partial charge is 0.306 e. The fourth-order valence-corrected chi connectivity index (χ4v) is 11.0. The summed E-state index contributed by atoms with van der Waals surface area (Å²) in [6, 6.07) is 0. The Morgan fingerprint density at radius 2 is 0.439 bits per heavy atom. The minimum absolute atomic E-state index is 0.0698. The lowest BCUT2D eigenvalue weighted by atomic mass is 10.0. The second kappa shape index (κ2) is 70.9. The molecule has 0 aromatic heterocycles. The fraction of sp³-hybridized carbons (Fsp3) is 0.855. The molecule has 0 aliphatic rings. The topological polar surface area (TPSA) is 78.9 Å². The Bertz CT molecular complexity index is 1410. The molecule has 82 heavy (non-hydrogen) atoms. The van der Waals surface area contributed by atoms with Crippen LogP contribution in [0.5, 0.6) is 0 Å². The summed E-state index contributed by atoms with van der Waals surface area (Å²) in [4.78, 5) is 38.4. The van der Waals surface area contributed by atoms with Gasteiger partial charge >= 0.3 is 17.9 Å². The zero-order valence-electron chi connectivity index (χ0n) is 55.3. The van der Waals surface area contributed by atoms with Crippen molar-refractivity contribution in [1.82, 2.24) is 0 Å². The van der Waals surface area contributed by atoms with Crippen molar-refractivity contribution in [3.8, 4) is 0 Å². The van der Waals surface area contributed by atoms with E-state index in [-0.39, 0.29) is 31.1 Å². The molecule has 0 N–H and O–H groups in total. The van der Waals surface area contributed by atoms with Crippen LogP contribution >= 0.6 is 0 Å². The minimum atomic E-state index is -0.773. The third-order valence-electron chi connectivity index (χ3n) is 16.6. The van der Waals surface area contributed by atoms with Crippen LogP contribution in [0, 0.1) is 0 Å². The molecular weight excluding hydrogens is 1010 g/mol. The van der Waals surface area contributed by atoms with Crippen molar-refractivity contribution in [2.24, 2.45) is 0 Å². The molecule has 0 aromatic carbocycles. The number of hydrogen-bond acceptors (Lipinski definition) is 6. The molecule has 0 fully saturated rings. The third kappa shape index (κ3) is 68.2. The van der Waals surface area contributed by atoms with Crippen molar-refractivity contribution in [3.63, 3.8) is 0 Å². The molecule has 0 radical (unpaired) electrons. The quantitative estimate of drug-likeness (QED) is 0.0261. The summed E-state index contributed by atoms with van der Waals surface area (Å²) in [5.41, 5.74) is 0. The van der Waals surface area contributed by atoms with E-state index in [1.807, 2.05) is 0 Å². The molecule has 1 unspecified atom stereocenters. The highest BCUT2D eigenvalue weighted by atomic mass is 16.6. The summed E-state index contributed by atoms with van der Waals surface area (Å²) in [5, 5.41) is 0. The number of allylic oxidation sites excluding steroid dienone is 8. The van der Waals surface area contributed by atoms with Crippen molar-refractivity contribution in [2.45, 2.75) is 406 Å². The van der Waals surface area contributed by atoms with Crippen molar-refractivity contribution < 1.29 is 28.6 Å². The Hall–Kier alpha value is -2.63. The third-order valence-corrected chi connectivity index (χ3v) is 16.6. The first-order valence-corrected chi connectivity index (χ1v) is 36.6. The number of esters is 3. The largest absolute Gasteiger partial charge is 0.462 e. The number of hydrogen-bond donors (Lipinski definition) is 0. The summed E-state index contributed by atoms with van der Waals surface area (Å²) in [5.74, 6) is -0.851. The average Bonchev–Trinajstić information content (AvgIpc) is 3.47. The number of carbonyl (C=O) groups is 3. The predicted molar refractivity (Wildman–Crippen MR) is 358 cm³/mol. The highest BCUT2D eigenvalue weighted by molar-refractivity contribution is 5.71. The molecule has 6 heteroatoms. The molecule has 0 bridgehead atoms. The lowest BCUT2D eigenvalue weighted by Crippen LogP contribution is -2.30. The van der Waals surface area contributed by atoms with Crippen molar-refractivity contribution in [3.05, 3.63) is 48.6 Å². The molecular formula is C76H140O6. The van der Waals surface area contributed by atoms with Crippen LogP contribution in [0.2, 0.25) is 0 Å². The molecule has 0 rings (SSSR count). The molecule has 0 amide bonds. The Labute approximate surface area is 511 Å². The molecule has 0 aliphatic heterocycles. The van der Waals surface area contributed by atoms with Crippen LogP contribution in [0.15, 0.2) is 48.6 Å². The van der Waals surface area contributed by atoms with Gasteiger partial charge in [0.25, 0.3) is 0 Å². The Balaban J connectivity index is 4.12. The molecule has 6 nitrogen and oxygen atoms in total. The monoisotopic (exact) mass is 1150 g/mol. The van der Waals surface area contributed by atoms with Gasteiger partial charge in [-0.15, -0.1) is 0 Å². The van der Waals surface area contributed by atoms with Gasteiger partial charge in [0.2, 0.25) is 0 Å². The van der Waals surface area contributed by atoms with Gasteiger partial charge in [-0.2, -0.15) is 0 Å². The first-order valence-electron chi connectivity index (χ1n) is 36.6. The zero-order valence-corrected chi connectivity index (χ0v) is 55.3. The van der Waals surface area contributed by atoms with Gasteiger partial charge in [0.1, 0.15) is 13.2 Å². The molecule has 0 heterocycles. The van der Waals surface area contributed by atoms with E-state index in [1.54, 1.807) is 0 Å². The molecule has 480 valence electrons. The standard InChI is InChI=1S/C76H140O6/c1-4-7-10-13-16-19-22-25-27-29-31-32-33-34-35-36-37-38-39-40-41-42-43-44-46-47-49-51-54-57-60-63-66-69-75(78)81-72-73(71-80-74(77)68-65-62-59-56-53-24-21-18-15-12-9-6-3)82-76(79)70-67-64-61-58-55-52-50-48-45-30-28-26-23-20-17-14-11-8-5-2/h18,21-22,25,29,31,33-34,73H,4-17,19-20,23-24,26-28,30,32,35-72H2,1-3H3/b21-18-,25-22-,31-29-,34-33-. The lowest BCUT2D eigenvalue weighted by molar-refractivity contribution is -0.167. The van der Waals surface area contributed by atoms with Crippen molar-refractivity contribution in [1.29, 1.82) is 0 Å². The second-order valence-electron chi connectivity index (χ2n) is 24.9.